The van der Waals surface area contributed by atoms with Gasteiger partial charge in [-0.05, 0) is 23.8 Å². The Labute approximate surface area is 147 Å². The number of carbonyl (C=O) groups is 2. The summed E-state index contributed by atoms with van der Waals surface area (Å²) in [5.41, 5.74) is 0.596. The molecule has 7 nitrogen and oxygen atoms in total. The average molecular weight is 365 g/mol. The van der Waals surface area contributed by atoms with E-state index >= 15 is 0 Å². The molecule has 0 unspecified atom stereocenters. The molecule has 1 aliphatic carbocycles. The number of likely N-dealkylation sites (N-methyl/N-ethyl adjacent to an activating group) is 1. The minimum atomic E-state index is -3.50. The van der Waals surface area contributed by atoms with E-state index in [-0.39, 0.29) is 24.3 Å². The second kappa shape index (κ2) is 6.42. The van der Waals surface area contributed by atoms with E-state index in [0.29, 0.717) is 19.4 Å². The number of hydrogen-bond donors (Lipinski definition) is 2. The first-order chi connectivity index (χ1) is 11.8. The second-order valence-corrected chi connectivity index (χ2v) is 8.90. The topological polar surface area (TPSA) is 95.6 Å². The fourth-order valence-corrected chi connectivity index (χ4v) is 4.86. The zero-order valence-electron chi connectivity index (χ0n) is 14.4. The predicted octanol–water partition coefficient (Wildman–Crippen LogP) is 0.0890. The number of carbonyl (C=O) groups excluding carboxylic acids is 2. The molecule has 1 aromatic rings. The fourth-order valence-electron chi connectivity index (χ4n) is 3.74. The van der Waals surface area contributed by atoms with Gasteiger partial charge in [0, 0.05) is 26.1 Å². The molecular formula is C17H23N3O4S. The third-order valence-corrected chi connectivity index (χ3v) is 6.44. The lowest BCUT2D eigenvalue weighted by atomic mass is 9.99. The first kappa shape index (κ1) is 17.9. The van der Waals surface area contributed by atoms with Crippen LogP contribution in [-0.4, -0.2) is 50.4 Å². The molecule has 0 aromatic heterocycles. The lowest BCUT2D eigenvalue weighted by Crippen LogP contribution is -2.44. The van der Waals surface area contributed by atoms with Crippen molar-refractivity contribution in [3.05, 3.63) is 35.9 Å². The first-order valence-corrected chi connectivity index (χ1v) is 10.1. The molecule has 1 aliphatic heterocycles. The van der Waals surface area contributed by atoms with Crippen LogP contribution in [0.25, 0.3) is 0 Å². The molecule has 2 fully saturated rings. The third kappa shape index (κ3) is 3.55. The standard InChI is InChI=1S/C17H23N3O4S/c1-18-16(22)14-9-17(11-20(14)25(2,23)24)8-13(17)15(21)19-10-12-6-4-3-5-7-12/h3-7,13-14H,8-11H2,1-2H3,(H,18,22)(H,19,21)/t13-,14+,17+/m1/s1. The monoisotopic (exact) mass is 365 g/mol. The molecular weight excluding hydrogens is 342 g/mol. The minimum Gasteiger partial charge on any atom is -0.358 e. The van der Waals surface area contributed by atoms with Crippen LogP contribution in [0.2, 0.25) is 0 Å². The largest absolute Gasteiger partial charge is 0.358 e. The van der Waals surface area contributed by atoms with Crippen LogP contribution >= 0.6 is 0 Å². The van der Waals surface area contributed by atoms with Crippen molar-refractivity contribution in [1.29, 1.82) is 0 Å². The Hall–Kier alpha value is -1.93. The molecule has 2 aliphatic rings. The Bertz CT molecular complexity index is 780. The normalized spacial score (nSPS) is 28.7. The molecule has 3 rings (SSSR count). The molecule has 0 bridgehead atoms. The van der Waals surface area contributed by atoms with Gasteiger partial charge in [0.1, 0.15) is 6.04 Å². The van der Waals surface area contributed by atoms with Crippen LogP contribution < -0.4 is 10.6 Å². The van der Waals surface area contributed by atoms with Crippen molar-refractivity contribution in [2.45, 2.75) is 25.4 Å². The summed E-state index contributed by atoms with van der Waals surface area (Å²) >= 11 is 0. The molecule has 2 amide bonds. The molecule has 3 atom stereocenters. The molecule has 136 valence electrons. The highest BCUT2D eigenvalue weighted by atomic mass is 32.2. The first-order valence-electron chi connectivity index (χ1n) is 8.27. The number of nitrogens with one attached hydrogen (secondary N) is 2. The summed E-state index contributed by atoms with van der Waals surface area (Å²) in [5.74, 6) is -0.636. The van der Waals surface area contributed by atoms with E-state index in [4.69, 9.17) is 0 Å². The Morgan fingerprint density at radius 2 is 1.88 bits per heavy atom. The van der Waals surface area contributed by atoms with Crippen LogP contribution in [0.15, 0.2) is 30.3 Å². The number of rotatable bonds is 5. The van der Waals surface area contributed by atoms with Crippen molar-refractivity contribution < 1.29 is 18.0 Å². The Balaban J connectivity index is 1.66. The SMILES string of the molecule is CNC(=O)[C@@H]1C[C@@]2(C[C@@H]2C(=O)NCc2ccccc2)CN1S(C)(=O)=O. The van der Waals surface area contributed by atoms with Crippen LogP contribution in [0.4, 0.5) is 0 Å². The molecule has 25 heavy (non-hydrogen) atoms. The number of sulfonamides is 1. The van der Waals surface area contributed by atoms with Crippen molar-refractivity contribution >= 4 is 21.8 Å². The number of amides is 2. The van der Waals surface area contributed by atoms with Gasteiger partial charge >= 0.3 is 0 Å². The minimum absolute atomic E-state index is 0.0742. The predicted molar refractivity (Wildman–Crippen MR) is 92.9 cm³/mol. The maximum atomic E-state index is 12.5. The smallest absolute Gasteiger partial charge is 0.238 e. The fraction of sp³-hybridized carbons (Fsp3) is 0.529. The van der Waals surface area contributed by atoms with Gasteiger partial charge in [-0.2, -0.15) is 4.31 Å². The zero-order chi connectivity index (χ0) is 18.2. The van der Waals surface area contributed by atoms with E-state index in [1.165, 1.54) is 11.4 Å². The van der Waals surface area contributed by atoms with Gasteiger partial charge in [0.25, 0.3) is 0 Å². The Morgan fingerprint density at radius 1 is 1.20 bits per heavy atom. The van der Waals surface area contributed by atoms with Crippen molar-refractivity contribution in [2.24, 2.45) is 11.3 Å². The average Bonchev–Trinajstić information content (AvgIpc) is 3.13. The van der Waals surface area contributed by atoms with Crippen molar-refractivity contribution in [3.8, 4) is 0 Å². The second-order valence-electron chi connectivity index (χ2n) is 6.96. The van der Waals surface area contributed by atoms with Crippen molar-refractivity contribution in [3.63, 3.8) is 0 Å². The van der Waals surface area contributed by atoms with Crippen LogP contribution in [0, 0.1) is 11.3 Å². The van der Waals surface area contributed by atoms with E-state index in [1.807, 2.05) is 30.3 Å². The molecule has 1 heterocycles. The van der Waals surface area contributed by atoms with Gasteiger partial charge in [-0.25, -0.2) is 8.42 Å². The van der Waals surface area contributed by atoms with Gasteiger partial charge in [-0.15, -0.1) is 0 Å². The van der Waals surface area contributed by atoms with Crippen molar-refractivity contribution in [2.75, 3.05) is 19.8 Å². The van der Waals surface area contributed by atoms with Gasteiger partial charge < -0.3 is 10.6 Å². The summed E-state index contributed by atoms with van der Waals surface area (Å²) in [4.78, 5) is 24.5. The summed E-state index contributed by atoms with van der Waals surface area (Å²) in [6.07, 6.45) is 2.12. The van der Waals surface area contributed by atoms with Crippen LogP contribution in [0.1, 0.15) is 18.4 Å². The summed E-state index contributed by atoms with van der Waals surface area (Å²) in [7, 11) is -2.01. The number of hydrogen-bond acceptors (Lipinski definition) is 4. The Morgan fingerprint density at radius 3 is 2.48 bits per heavy atom. The van der Waals surface area contributed by atoms with Crippen LogP contribution in [-0.2, 0) is 26.2 Å². The highest BCUT2D eigenvalue weighted by Crippen LogP contribution is 2.60. The quantitative estimate of drug-likeness (QED) is 0.773. The van der Waals surface area contributed by atoms with E-state index < -0.39 is 21.5 Å². The zero-order valence-corrected chi connectivity index (χ0v) is 15.2. The van der Waals surface area contributed by atoms with Crippen LogP contribution in [0.5, 0.6) is 0 Å². The molecule has 8 heteroatoms. The van der Waals surface area contributed by atoms with E-state index in [0.717, 1.165) is 11.8 Å². The lowest BCUT2D eigenvalue weighted by Gasteiger charge is -2.20. The molecule has 1 aromatic carbocycles. The summed E-state index contributed by atoms with van der Waals surface area (Å²) < 4.78 is 25.3. The molecule has 1 saturated heterocycles. The molecule has 2 N–H and O–H groups in total. The molecule has 0 radical (unpaired) electrons. The summed E-state index contributed by atoms with van der Waals surface area (Å²) in [6, 6.07) is 8.88. The van der Waals surface area contributed by atoms with Crippen molar-refractivity contribution in [1.82, 2.24) is 14.9 Å². The number of benzene rings is 1. The van der Waals surface area contributed by atoms with E-state index in [2.05, 4.69) is 10.6 Å². The van der Waals surface area contributed by atoms with Gasteiger partial charge in [-0.1, -0.05) is 30.3 Å². The highest BCUT2D eigenvalue weighted by molar-refractivity contribution is 7.88. The van der Waals surface area contributed by atoms with Crippen LogP contribution in [0.3, 0.4) is 0 Å². The highest BCUT2D eigenvalue weighted by Gasteiger charge is 2.65. The molecule has 1 saturated carbocycles. The van der Waals surface area contributed by atoms with Gasteiger partial charge in [0.15, 0.2) is 0 Å². The van der Waals surface area contributed by atoms with Gasteiger partial charge in [0.2, 0.25) is 21.8 Å². The summed E-state index contributed by atoms with van der Waals surface area (Å²) in [6.45, 7) is 0.675. The lowest BCUT2D eigenvalue weighted by molar-refractivity contribution is -0.124. The van der Waals surface area contributed by atoms with E-state index in [9.17, 15) is 18.0 Å². The van der Waals surface area contributed by atoms with Gasteiger partial charge in [-0.3, -0.25) is 9.59 Å². The maximum absolute atomic E-state index is 12.5. The summed E-state index contributed by atoms with van der Waals surface area (Å²) in [5, 5.41) is 5.44. The maximum Gasteiger partial charge on any atom is 0.238 e. The molecule has 1 spiro atoms. The third-order valence-electron chi connectivity index (χ3n) is 5.21. The number of nitrogens with zero attached hydrogens (tertiary/aromatic N) is 1. The van der Waals surface area contributed by atoms with Gasteiger partial charge in [0.05, 0.1) is 6.26 Å². The van der Waals surface area contributed by atoms with E-state index in [1.54, 1.807) is 0 Å². The Kier molecular flexibility index (Phi) is 4.59.